The first-order valence-corrected chi connectivity index (χ1v) is 13.3. The Morgan fingerprint density at radius 1 is 0.590 bits per heavy atom. The van der Waals surface area contributed by atoms with Crippen molar-refractivity contribution in [2.75, 3.05) is 0 Å². The number of benzene rings is 6. The number of fused-ring (bicyclic) bond motifs is 10. The van der Waals surface area contributed by atoms with E-state index in [4.69, 9.17) is 4.42 Å². The summed E-state index contributed by atoms with van der Waals surface area (Å²) in [7, 11) is 0. The Hall–Kier alpha value is -5.15. The summed E-state index contributed by atoms with van der Waals surface area (Å²) >= 11 is 0. The van der Waals surface area contributed by atoms with Crippen LogP contribution in [0.4, 0.5) is 0 Å². The summed E-state index contributed by atoms with van der Waals surface area (Å²) in [6, 6.07) is 43.9. The van der Waals surface area contributed by atoms with E-state index in [1.807, 2.05) is 12.1 Å². The first kappa shape index (κ1) is 20.9. The van der Waals surface area contributed by atoms with Crippen molar-refractivity contribution < 1.29 is 4.42 Å². The molecule has 0 saturated heterocycles. The molecule has 6 aromatic carbocycles. The van der Waals surface area contributed by atoms with E-state index in [9.17, 15) is 0 Å². The van der Waals surface area contributed by atoms with Crippen LogP contribution in [0.25, 0.3) is 60.5 Å². The fourth-order valence-electron chi connectivity index (χ4n) is 6.90. The highest BCUT2D eigenvalue weighted by atomic mass is 16.3. The number of hydrogen-bond donors (Lipinski definition) is 0. The summed E-state index contributed by atoms with van der Waals surface area (Å²) in [5.74, 6) is 0.204. The third-order valence-electron chi connectivity index (χ3n) is 8.44. The van der Waals surface area contributed by atoms with Crippen LogP contribution < -0.4 is 0 Å². The predicted octanol–water partition coefficient (Wildman–Crippen LogP) is 9.24. The molecule has 1 atom stereocenters. The normalized spacial score (nSPS) is 14.4. The summed E-state index contributed by atoms with van der Waals surface area (Å²) < 4.78 is 8.00. The Bertz CT molecular complexity index is 2240. The van der Waals surface area contributed by atoms with Gasteiger partial charge in [0.25, 0.3) is 0 Å². The van der Waals surface area contributed by atoms with E-state index >= 15 is 0 Å². The minimum absolute atomic E-state index is 0.204. The molecule has 9 rings (SSSR count). The van der Waals surface area contributed by atoms with Crippen LogP contribution in [0.3, 0.4) is 0 Å². The molecule has 1 unspecified atom stereocenters. The van der Waals surface area contributed by atoms with Gasteiger partial charge in [0.15, 0.2) is 12.0 Å². The van der Waals surface area contributed by atoms with Crippen molar-refractivity contribution in [1.29, 1.82) is 0 Å². The summed E-state index contributed by atoms with van der Waals surface area (Å²) in [5.41, 5.74) is 11.8. The lowest BCUT2D eigenvalue weighted by atomic mass is 9.86. The van der Waals surface area contributed by atoms with Crippen LogP contribution in [0.1, 0.15) is 22.6 Å². The van der Waals surface area contributed by atoms with Gasteiger partial charge in [0, 0.05) is 16.7 Å². The number of nitrogens with zero attached hydrogens (tertiary/aromatic N) is 2. The van der Waals surface area contributed by atoms with Gasteiger partial charge in [-0.25, -0.2) is 4.98 Å². The number of aromatic nitrogens is 2. The molecule has 0 aliphatic heterocycles. The van der Waals surface area contributed by atoms with Crippen LogP contribution in [0, 0.1) is 0 Å². The molecular formula is C36H22N2O. The second-order valence-corrected chi connectivity index (χ2v) is 10.3. The smallest absolute Gasteiger partial charge is 0.182 e. The monoisotopic (exact) mass is 498 g/mol. The fraction of sp³-hybridized carbons (Fsp3) is 0.0278. The number of hydrogen-bond acceptors (Lipinski definition) is 2. The van der Waals surface area contributed by atoms with Crippen LogP contribution in [-0.2, 0) is 0 Å². The van der Waals surface area contributed by atoms with Gasteiger partial charge in [0.1, 0.15) is 5.52 Å². The van der Waals surface area contributed by atoms with Gasteiger partial charge in [-0.1, -0.05) is 97.1 Å². The van der Waals surface area contributed by atoms with E-state index in [0.29, 0.717) is 0 Å². The lowest BCUT2D eigenvalue weighted by Crippen LogP contribution is -2.00. The lowest BCUT2D eigenvalue weighted by molar-refractivity contribution is 0.602. The van der Waals surface area contributed by atoms with Crippen molar-refractivity contribution in [3.05, 3.63) is 144 Å². The molecule has 2 aromatic heterocycles. The van der Waals surface area contributed by atoms with Crippen molar-refractivity contribution >= 4 is 43.7 Å². The average molecular weight is 499 g/mol. The maximum absolute atomic E-state index is 5.66. The quantitative estimate of drug-likeness (QED) is 0.238. The number of rotatable bonds is 2. The van der Waals surface area contributed by atoms with Crippen LogP contribution >= 0.6 is 0 Å². The van der Waals surface area contributed by atoms with Crippen molar-refractivity contribution in [2.24, 2.45) is 0 Å². The molecule has 2 heterocycles. The van der Waals surface area contributed by atoms with Gasteiger partial charge >= 0.3 is 0 Å². The van der Waals surface area contributed by atoms with E-state index in [1.54, 1.807) is 0 Å². The van der Waals surface area contributed by atoms with Gasteiger partial charge in [-0.2, -0.15) is 0 Å². The average Bonchev–Trinajstić information content (AvgIpc) is 3.70. The molecule has 1 aliphatic carbocycles. The zero-order valence-corrected chi connectivity index (χ0v) is 21.0. The largest absolute Gasteiger partial charge is 0.443 e. The highest BCUT2D eigenvalue weighted by molar-refractivity contribution is 6.23. The van der Waals surface area contributed by atoms with Crippen molar-refractivity contribution in [3.8, 4) is 16.8 Å². The maximum atomic E-state index is 5.66. The van der Waals surface area contributed by atoms with E-state index < -0.39 is 0 Å². The summed E-state index contributed by atoms with van der Waals surface area (Å²) in [5, 5.41) is 5.11. The zero-order chi connectivity index (χ0) is 25.5. The molecule has 3 nitrogen and oxygen atoms in total. The van der Waals surface area contributed by atoms with Crippen LogP contribution in [0.15, 0.2) is 132 Å². The van der Waals surface area contributed by atoms with Crippen molar-refractivity contribution in [3.63, 3.8) is 0 Å². The third-order valence-corrected chi connectivity index (χ3v) is 8.44. The third kappa shape index (κ3) is 2.74. The molecule has 0 radical (unpaired) electrons. The molecule has 3 heteroatoms. The molecule has 1 aliphatic rings. The standard InChI is InChI=1S/C36H22N2O/c1-2-9-22(10-3-1)33-24-12-5-4-11-23(24)25-17-18-26-27(35(25)33)19-20-30-34(26)28-13-6-7-14-29(28)38(30)31-15-8-16-32-36(31)37-21-39-32/h1-21,33H. The summed E-state index contributed by atoms with van der Waals surface area (Å²) in [6.07, 6.45) is 1.53. The minimum atomic E-state index is 0.204. The second-order valence-electron chi connectivity index (χ2n) is 10.3. The predicted molar refractivity (Wildman–Crippen MR) is 159 cm³/mol. The molecule has 0 saturated carbocycles. The van der Waals surface area contributed by atoms with Crippen LogP contribution in [-0.4, -0.2) is 9.55 Å². The van der Waals surface area contributed by atoms with Crippen LogP contribution in [0.2, 0.25) is 0 Å². The summed E-state index contributed by atoms with van der Waals surface area (Å²) in [4.78, 5) is 4.58. The molecule has 39 heavy (non-hydrogen) atoms. The Balaban J connectivity index is 1.42. The molecular weight excluding hydrogens is 476 g/mol. The van der Waals surface area contributed by atoms with E-state index in [2.05, 4.69) is 119 Å². The SMILES string of the molecule is c1ccc(C2c3ccccc3-c3ccc4c(ccc5c4c4ccccc4n5-c4cccc5ocnc45)c32)cc1. The second kappa shape index (κ2) is 7.68. The van der Waals surface area contributed by atoms with E-state index in [0.717, 1.165) is 16.8 Å². The van der Waals surface area contributed by atoms with Crippen molar-refractivity contribution in [2.45, 2.75) is 5.92 Å². The molecule has 182 valence electrons. The highest BCUT2D eigenvalue weighted by Crippen LogP contribution is 2.52. The van der Waals surface area contributed by atoms with Gasteiger partial charge in [-0.3, -0.25) is 0 Å². The first-order valence-electron chi connectivity index (χ1n) is 13.3. The Kier molecular flexibility index (Phi) is 4.11. The Labute approximate surface area is 224 Å². The fourth-order valence-corrected chi connectivity index (χ4v) is 6.90. The van der Waals surface area contributed by atoms with Gasteiger partial charge in [0.05, 0.1) is 16.7 Å². The number of oxazole rings is 1. The Morgan fingerprint density at radius 3 is 2.36 bits per heavy atom. The molecule has 0 amide bonds. The molecule has 8 aromatic rings. The van der Waals surface area contributed by atoms with Crippen molar-refractivity contribution in [1.82, 2.24) is 9.55 Å². The zero-order valence-electron chi connectivity index (χ0n) is 21.0. The molecule has 0 bridgehead atoms. The van der Waals surface area contributed by atoms with E-state index in [1.165, 1.54) is 66.8 Å². The molecule has 0 fully saturated rings. The van der Waals surface area contributed by atoms with Gasteiger partial charge in [0.2, 0.25) is 0 Å². The van der Waals surface area contributed by atoms with E-state index in [-0.39, 0.29) is 5.92 Å². The maximum Gasteiger partial charge on any atom is 0.182 e. The van der Waals surface area contributed by atoms with Crippen LogP contribution in [0.5, 0.6) is 0 Å². The summed E-state index contributed by atoms with van der Waals surface area (Å²) in [6.45, 7) is 0. The molecule has 0 N–H and O–H groups in total. The lowest BCUT2D eigenvalue weighted by Gasteiger charge is -2.17. The minimum Gasteiger partial charge on any atom is -0.443 e. The van der Waals surface area contributed by atoms with Gasteiger partial charge in [-0.05, 0) is 62.9 Å². The van der Waals surface area contributed by atoms with Gasteiger partial charge in [-0.15, -0.1) is 0 Å². The molecule has 0 spiro atoms. The topological polar surface area (TPSA) is 31.0 Å². The first-order chi connectivity index (χ1) is 19.4. The highest BCUT2D eigenvalue weighted by Gasteiger charge is 2.32. The van der Waals surface area contributed by atoms with Gasteiger partial charge < -0.3 is 8.98 Å². The number of para-hydroxylation sites is 2. The Morgan fingerprint density at radius 2 is 1.41 bits per heavy atom.